The number of alkyl halides is 6. The molecule has 0 aromatic heterocycles. The van der Waals surface area contributed by atoms with Gasteiger partial charge < -0.3 is 0 Å². The summed E-state index contributed by atoms with van der Waals surface area (Å²) >= 11 is 0. The SMILES string of the molecule is O=S(=O)(O)C(F)(F)F.O=S(=O)(O)C(F)(F)F.[Au].[Au].c1ccc(P(CP(c2ccccc2)c2ccccc2)c2ccccc2)cc1.c1ccc(P(CP(c2ccccc2)c2ccccc2)c2ccccc2)cc1. The number of hydrogen-bond donors (Lipinski definition) is 2. The average molecular weight is 1460 g/mol. The maximum atomic E-state index is 10.7. The zero-order valence-electron chi connectivity index (χ0n) is 37.5. The first-order valence-electron chi connectivity index (χ1n) is 20.9. The molecule has 6 nitrogen and oxygen atoms in total. The van der Waals surface area contributed by atoms with E-state index in [9.17, 15) is 26.3 Å². The Morgan fingerprint density at radius 1 is 0.278 bits per heavy atom. The van der Waals surface area contributed by atoms with Gasteiger partial charge in [-0.25, -0.2) is 0 Å². The van der Waals surface area contributed by atoms with Crippen LogP contribution in [0.25, 0.3) is 0 Å². The van der Waals surface area contributed by atoms with Crippen molar-refractivity contribution in [1.29, 1.82) is 0 Å². The second kappa shape index (κ2) is 30.7. The van der Waals surface area contributed by atoms with Gasteiger partial charge in [0.15, 0.2) is 0 Å². The Labute approximate surface area is 453 Å². The predicted molar refractivity (Wildman–Crippen MR) is 281 cm³/mol. The molecule has 0 aliphatic rings. The largest absolute Gasteiger partial charge is 0.522 e. The summed E-state index contributed by atoms with van der Waals surface area (Å²) in [6.07, 6.45) is 0. The maximum absolute atomic E-state index is 10.7. The van der Waals surface area contributed by atoms with Crippen LogP contribution in [0.4, 0.5) is 26.3 Å². The Bertz CT molecular complexity index is 2450. The van der Waals surface area contributed by atoms with Gasteiger partial charge >= 0.3 is 31.3 Å². The van der Waals surface area contributed by atoms with E-state index in [1.54, 1.807) is 0 Å². The molecule has 2 radical (unpaired) electrons. The Morgan fingerprint density at radius 3 is 0.458 bits per heavy atom. The van der Waals surface area contributed by atoms with Gasteiger partial charge in [-0.05, 0) is 74.1 Å². The molecule has 0 saturated heterocycles. The molecule has 0 aliphatic carbocycles. The van der Waals surface area contributed by atoms with Crippen molar-refractivity contribution in [3.05, 3.63) is 243 Å². The fourth-order valence-electron chi connectivity index (χ4n) is 6.40. The van der Waals surface area contributed by atoms with Gasteiger partial charge in [-0.2, -0.15) is 43.2 Å². The quantitative estimate of drug-likeness (QED) is 0.0415. The smallest absolute Gasteiger partial charge is 0.279 e. The van der Waals surface area contributed by atoms with E-state index in [1.165, 1.54) is 54.2 Å². The van der Waals surface area contributed by atoms with Gasteiger partial charge in [0, 0.05) is 56.6 Å². The van der Waals surface area contributed by atoms with Gasteiger partial charge in [-0.1, -0.05) is 243 Å². The Balaban J connectivity index is 0.000000287. The van der Waals surface area contributed by atoms with Crippen molar-refractivity contribution >= 4 is 94.4 Å². The minimum absolute atomic E-state index is 0. The van der Waals surface area contributed by atoms with E-state index in [4.69, 9.17) is 25.9 Å². The summed E-state index contributed by atoms with van der Waals surface area (Å²) in [5, 5.41) is 11.7. The van der Waals surface area contributed by atoms with Crippen LogP contribution in [0.5, 0.6) is 0 Å². The molecular weight excluding hydrogens is 1420 g/mol. The zero-order chi connectivity index (χ0) is 50.6. The molecular formula is C52H46Au2F6O6P4S2. The van der Waals surface area contributed by atoms with Crippen LogP contribution < -0.4 is 42.4 Å². The molecule has 20 heteroatoms. The van der Waals surface area contributed by atoms with E-state index in [-0.39, 0.29) is 44.8 Å². The molecule has 0 fully saturated rings. The number of halogens is 6. The molecule has 8 aromatic carbocycles. The molecule has 8 aromatic rings. The third-order valence-corrected chi connectivity index (χ3v) is 22.8. The van der Waals surface area contributed by atoms with Crippen molar-refractivity contribution < 1.29 is 97.0 Å². The number of rotatable bonds is 12. The first-order valence-corrected chi connectivity index (χ1v) is 29.9. The van der Waals surface area contributed by atoms with Gasteiger partial charge in [0.1, 0.15) is 0 Å². The molecule has 0 bridgehead atoms. The monoisotopic (exact) mass is 1460 g/mol. The normalized spacial score (nSPS) is 11.4. The molecule has 0 unspecified atom stereocenters. The zero-order valence-corrected chi connectivity index (χ0v) is 47.1. The van der Waals surface area contributed by atoms with Crippen LogP contribution in [0.2, 0.25) is 0 Å². The van der Waals surface area contributed by atoms with Crippen molar-refractivity contribution in [2.45, 2.75) is 11.0 Å². The summed E-state index contributed by atoms with van der Waals surface area (Å²) in [5.74, 6) is 2.35. The predicted octanol–water partition coefficient (Wildman–Crippen LogP) is 11.2. The van der Waals surface area contributed by atoms with E-state index < -0.39 is 62.9 Å². The maximum Gasteiger partial charge on any atom is 0.522 e. The van der Waals surface area contributed by atoms with Crippen LogP contribution in [-0.2, 0) is 65.0 Å². The summed E-state index contributed by atoms with van der Waals surface area (Å²) in [6, 6.07) is 88.3. The van der Waals surface area contributed by atoms with Gasteiger partial charge in [-0.15, -0.1) is 0 Å². The van der Waals surface area contributed by atoms with E-state index in [2.05, 4.69) is 243 Å². The topological polar surface area (TPSA) is 109 Å². The summed E-state index contributed by atoms with van der Waals surface area (Å²) in [5.41, 5.74) is -11.1. The summed E-state index contributed by atoms with van der Waals surface area (Å²) in [4.78, 5) is 0. The summed E-state index contributed by atoms with van der Waals surface area (Å²) in [6.45, 7) is 0. The molecule has 72 heavy (non-hydrogen) atoms. The number of hydrogen-bond acceptors (Lipinski definition) is 4. The van der Waals surface area contributed by atoms with Crippen LogP contribution >= 0.6 is 31.7 Å². The second-order valence-electron chi connectivity index (χ2n) is 14.5. The minimum Gasteiger partial charge on any atom is -0.279 e. The van der Waals surface area contributed by atoms with Gasteiger partial charge in [0.25, 0.3) is 0 Å². The summed E-state index contributed by atoms with van der Waals surface area (Å²) < 4.78 is 115. The Morgan fingerprint density at radius 2 is 0.375 bits per heavy atom. The third kappa shape index (κ3) is 20.2. The summed E-state index contributed by atoms with van der Waals surface area (Å²) in [7, 11) is -13.3. The third-order valence-electron chi connectivity index (χ3n) is 9.69. The average Bonchev–Trinajstić information content (AvgIpc) is 3.36. The molecule has 2 N–H and O–H groups in total. The fourth-order valence-corrected chi connectivity index (χ4v) is 19.3. The van der Waals surface area contributed by atoms with Crippen molar-refractivity contribution in [2.24, 2.45) is 0 Å². The van der Waals surface area contributed by atoms with Crippen LogP contribution in [-0.4, -0.2) is 48.8 Å². The molecule has 8 rings (SSSR count). The van der Waals surface area contributed by atoms with Crippen LogP contribution in [0, 0.1) is 0 Å². The molecule has 0 saturated carbocycles. The van der Waals surface area contributed by atoms with Crippen molar-refractivity contribution in [3.63, 3.8) is 0 Å². The van der Waals surface area contributed by atoms with E-state index >= 15 is 0 Å². The fraction of sp³-hybridized carbons (Fsp3) is 0.0769. The number of benzene rings is 8. The Kier molecular flexibility index (Phi) is 26.7. The van der Waals surface area contributed by atoms with Crippen LogP contribution in [0.15, 0.2) is 243 Å². The van der Waals surface area contributed by atoms with Crippen LogP contribution in [0.3, 0.4) is 0 Å². The van der Waals surface area contributed by atoms with Gasteiger partial charge in [0.05, 0.1) is 0 Å². The molecule has 0 atom stereocenters. The first-order chi connectivity index (χ1) is 33.3. The minimum atomic E-state index is -5.84. The van der Waals surface area contributed by atoms with Gasteiger partial charge in [-0.3, -0.25) is 9.11 Å². The van der Waals surface area contributed by atoms with Crippen molar-refractivity contribution in [1.82, 2.24) is 0 Å². The van der Waals surface area contributed by atoms with E-state index in [1.807, 2.05) is 0 Å². The van der Waals surface area contributed by atoms with Crippen molar-refractivity contribution in [2.75, 3.05) is 11.8 Å². The molecule has 0 heterocycles. The molecule has 386 valence electrons. The molecule has 0 spiro atoms. The first kappa shape index (κ1) is 62.7. The van der Waals surface area contributed by atoms with E-state index in [0.29, 0.717) is 0 Å². The van der Waals surface area contributed by atoms with Crippen molar-refractivity contribution in [3.8, 4) is 0 Å². The second-order valence-corrected chi connectivity index (χ2v) is 27.2. The Hall–Kier alpha value is -3.64. The molecule has 0 amide bonds. The molecule has 0 aliphatic heterocycles. The standard InChI is InChI=1S/2C25H22P2.2CHF3O3S.2Au/c2*1-5-13-22(14-6-1)26(23-15-7-2-8-16-23)21-27(24-17-9-3-10-18-24)25-19-11-4-12-20-25;2*2-1(3,4)8(5,6)7;;/h2*1-20H,21H2;2*(H,5,6,7);;. The van der Waals surface area contributed by atoms with Gasteiger partial charge in [0.2, 0.25) is 0 Å². The van der Waals surface area contributed by atoms with Crippen LogP contribution in [0.1, 0.15) is 0 Å². The van der Waals surface area contributed by atoms with E-state index in [0.717, 1.165) is 0 Å².